The topological polar surface area (TPSA) is 67.4 Å². The number of aromatic nitrogens is 2. The molecule has 0 spiro atoms. The van der Waals surface area contributed by atoms with Gasteiger partial charge >= 0.3 is 12.0 Å². The molecule has 1 atom stereocenters. The minimum absolute atomic E-state index is 0.0156. The van der Waals surface area contributed by atoms with Crippen molar-refractivity contribution in [3.8, 4) is 6.01 Å². The zero-order valence-electron chi connectivity index (χ0n) is 13.0. The number of hydrogen-bond acceptors (Lipinski definition) is 5. The number of rotatable bonds is 4. The molecule has 0 unspecified atom stereocenters. The fourth-order valence-corrected chi connectivity index (χ4v) is 3.31. The standard InChI is InChI=1S/C16H20N4O2S/c1-12(13-5-10-23-11-13)19-16(21)20-8-3-14(4-9-20)22-15-17-6-2-7-18-15/h2,5-7,10-12,14H,3-4,8-9H2,1H3,(H,19,21)/t12-/m1/s1. The molecule has 23 heavy (non-hydrogen) atoms. The van der Waals surface area contributed by atoms with Crippen LogP contribution in [-0.2, 0) is 0 Å². The van der Waals surface area contributed by atoms with Crippen LogP contribution in [0.25, 0.3) is 0 Å². The predicted octanol–water partition coefficient (Wildman–Crippen LogP) is 2.85. The quantitative estimate of drug-likeness (QED) is 0.935. The lowest BCUT2D eigenvalue weighted by atomic mass is 10.1. The van der Waals surface area contributed by atoms with Crippen LogP contribution in [0.1, 0.15) is 31.4 Å². The third-order valence-electron chi connectivity index (χ3n) is 3.93. The molecule has 7 heteroatoms. The Labute approximate surface area is 139 Å². The van der Waals surface area contributed by atoms with Gasteiger partial charge in [-0.05, 0) is 35.4 Å². The Balaban J connectivity index is 1.46. The van der Waals surface area contributed by atoms with E-state index in [4.69, 9.17) is 4.74 Å². The second-order valence-corrected chi connectivity index (χ2v) is 6.34. The second kappa shape index (κ2) is 7.41. The smallest absolute Gasteiger partial charge is 0.317 e. The lowest BCUT2D eigenvalue weighted by molar-refractivity contribution is 0.102. The van der Waals surface area contributed by atoms with Crippen molar-refractivity contribution in [1.82, 2.24) is 20.2 Å². The van der Waals surface area contributed by atoms with E-state index in [1.807, 2.05) is 23.3 Å². The van der Waals surface area contributed by atoms with Crippen molar-refractivity contribution in [3.05, 3.63) is 40.8 Å². The van der Waals surface area contributed by atoms with Gasteiger partial charge in [-0.15, -0.1) is 0 Å². The molecule has 2 aromatic heterocycles. The van der Waals surface area contributed by atoms with E-state index in [1.54, 1.807) is 29.8 Å². The summed E-state index contributed by atoms with van der Waals surface area (Å²) < 4.78 is 5.74. The fourth-order valence-electron chi connectivity index (χ4n) is 2.55. The van der Waals surface area contributed by atoms with E-state index in [9.17, 15) is 4.79 Å². The summed E-state index contributed by atoms with van der Waals surface area (Å²) >= 11 is 1.64. The number of likely N-dealkylation sites (tertiary alicyclic amines) is 1. The van der Waals surface area contributed by atoms with Gasteiger partial charge in [-0.25, -0.2) is 14.8 Å². The van der Waals surface area contributed by atoms with Crippen molar-refractivity contribution in [2.24, 2.45) is 0 Å². The summed E-state index contributed by atoms with van der Waals surface area (Å²) in [7, 11) is 0. The Morgan fingerprint density at radius 3 is 2.78 bits per heavy atom. The number of ether oxygens (including phenoxy) is 1. The molecular formula is C16H20N4O2S. The fraction of sp³-hybridized carbons (Fsp3) is 0.438. The maximum absolute atomic E-state index is 12.3. The highest BCUT2D eigenvalue weighted by Gasteiger charge is 2.25. The van der Waals surface area contributed by atoms with Crippen LogP contribution in [0.5, 0.6) is 6.01 Å². The van der Waals surface area contributed by atoms with Crippen LogP contribution in [0, 0.1) is 0 Å². The third-order valence-corrected chi connectivity index (χ3v) is 4.63. The van der Waals surface area contributed by atoms with Crippen LogP contribution in [0.15, 0.2) is 35.3 Å². The van der Waals surface area contributed by atoms with E-state index in [1.165, 1.54) is 0 Å². The summed E-state index contributed by atoms with van der Waals surface area (Å²) in [6.07, 6.45) is 4.97. The third kappa shape index (κ3) is 4.19. The van der Waals surface area contributed by atoms with Crippen LogP contribution in [0.2, 0.25) is 0 Å². The van der Waals surface area contributed by atoms with Crippen LogP contribution in [0.4, 0.5) is 4.79 Å². The van der Waals surface area contributed by atoms with E-state index < -0.39 is 0 Å². The number of carbonyl (C=O) groups excluding carboxylic acids is 1. The first-order valence-electron chi connectivity index (χ1n) is 7.73. The van der Waals surface area contributed by atoms with Crippen LogP contribution >= 0.6 is 11.3 Å². The summed E-state index contributed by atoms with van der Waals surface area (Å²) in [5.41, 5.74) is 1.14. The molecule has 0 aliphatic carbocycles. The van der Waals surface area contributed by atoms with E-state index in [2.05, 4.69) is 20.7 Å². The van der Waals surface area contributed by atoms with E-state index in [-0.39, 0.29) is 18.2 Å². The maximum atomic E-state index is 12.3. The number of thiophene rings is 1. The summed E-state index contributed by atoms with van der Waals surface area (Å²) in [6.45, 7) is 3.36. The zero-order chi connectivity index (χ0) is 16.1. The van der Waals surface area contributed by atoms with Gasteiger partial charge in [0.15, 0.2) is 0 Å². The molecule has 1 aliphatic rings. The maximum Gasteiger partial charge on any atom is 0.317 e. The molecule has 0 bridgehead atoms. The van der Waals surface area contributed by atoms with E-state index in [0.717, 1.165) is 18.4 Å². The first kappa shape index (κ1) is 15.7. The van der Waals surface area contributed by atoms with Crippen molar-refractivity contribution >= 4 is 17.4 Å². The van der Waals surface area contributed by atoms with Gasteiger partial charge in [-0.3, -0.25) is 0 Å². The molecule has 0 radical (unpaired) electrons. The highest BCUT2D eigenvalue weighted by atomic mass is 32.1. The molecule has 6 nitrogen and oxygen atoms in total. The molecule has 1 fully saturated rings. The zero-order valence-corrected chi connectivity index (χ0v) is 13.8. The molecular weight excluding hydrogens is 312 g/mol. The van der Waals surface area contributed by atoms with E-state index >= 15 is 0 Å². The number of hydrogen-bond donors (Lipinski definition) is 1. The average molecular weight is 332 g/mol. The number of carbonyl (C=O) groups is 1. The summed E-state index contributed by atoms with van der Waals surface area (Å²) in [6, 6.07) is 4.21. The van der Waals surface area contributed by atoms with Crippen LogP contribution in [0.3, 0.4) is 0 Å². The summed E-state index contributed by atoms with van der Waals surface area (Å²) in [5, 5.41) is 7.13. The first-order valence-corrected chi connectivity index (χ1v) is 8.68. The number of piperidine rings is 1. The normalized spacial score (nSPS) is 16.8. The van der Waals surface area contributed by atoms with Gasteiger partial charge in [0.1, 0.15) is 6.10 Å². The predicted molar refractivity (Wildman–Crippen MR) is 88.5 cm³/mol. The number of nitrogens with zero attached hydrogens (tertiary/aromatic N) is 3. The van der Waals surface area contributed by atoms with Gasteiger partial charge in [-0.2, -0.15) is 11.3 Å². The van der Waals surface area contributed by atoms with Crippen molar-refractivity contribution < 1.29 is 9.53 Å². The SMILES string of the molecule is C[C@@H](NC(=O)N1CCC(Oc2ncccn2)CC1)c1ccsc1. The Morgan fingerprint density at radius 1 is 1.39 bits per heavy atom. The van der Waals surface area contributed by atoms with Gasteiger partial charge in [0, 0.05) is 38.3 Å². The molecule has 3 rings (SSSR count). The molecule has 0 aromatic carbocycles. The van der Waals surface area contributed by atoms with Gasteiger partial charge < -0.3 is 15.0 Å². The van der Waals surface area contributed by atoms with Crippen molar-refractivity contribution in [3.63, 3.8) is 0 Å². The highest BCUT2D eigenvalue weighted by Crippen LogP contribution is 2.18. The average Bonchev–Trinajstić information content (AvgIpc) is 3.11. The molecule has 2 amide bonds. The Morgan fingerprint density at radius 2 is 2.13 bits per heavy atom. The Kier molecular flexibility index (Phi) is 5.07. The lowest BCUT2D eigenvalue weighted by Gasteiger charge is -2.32. The Hall–Kier alpha value is -2.15. The minimum atomic E-state index is -0.0156. The molecule has 0 saturated carbocycles. The summed E-state index contributed by atoms with van der Waals surface area (Å²) in [4.78, 5) is 22.3. The molecule has 3 heterocycles. The van der Waals surface area contributed by atoms with Crippen LogP contribution in [-0.4, -0.2) is 40.1 Å². The van der Waals surface area contributed by atoms with Gasteiger partial charge in [0.2, 0.25) is 0 Å². The van der Waals surface area contributed by atoms with E-state index in [0.29, 0.717) is 19.1 Å². The minimum Gasteiger partial charge on any atom is -0.460 e. The van der Waals surface area contributed by atoms with Crippen molar-refractivity contribution in [2.75, 3.05) is 13.1 Å². The number of nitrogens with one attached hydrogen (secondary N) is 1. The van der Waals surface area contributed by atoms with Gasteiger partial charge in [-0.1, -0.05) is 0 Å². The van der Waals surface area contributed by atoms with Crippen molar-refractivity contribution in [2.45, 2.75) is 31.9 Å². The largest absolute Gasteiger partial charge is 0.460 e. The number of amides is 2. The summed E-state index contributed by atoms with van der Waals surface area (Å²) in [5.74, 6) is 0. The van der Waals surface area contributed by atoms with Crippen molar-refractivity contribution in [1.29, 1.82) is 0 Å². The monoisotopic (exact) mass is 332 g/mol. The highest BCUT2D eigenvalue weighted by molar-refractivity contribution is 7.07. The second-order valence-electron chi connectivity index (χ2n) is 5.56. The molecule has 122 valence electrons. The Bertz CT molecular complexity index is 612. The van der Waals surface area contributed by atoms with Gasteiger partial charge in [0.25, 0.3) is 0 Å². The molecule has 1 saturated heterocycles. The first-order chi connectivity index (χ1) is 11.2. The molecule has 2 aromatic rings. The lowest BCUT2D eigenvalue weighted by Crippen LogP contribution is -2.47. The van der Waals surface area contributed by atoms with Gasteiger partial charge in [0.05, 0.1) is 6.04 Å². The molecule has 1 aliphatic heterocycles. The van der Waals surface area contributed by atoms with Crippen LogP contribution < -0.4 is 10.1 Å². The number of urea groups is 1. The molecule has 1 N–H and O–H groups in total.